The molecule has 0 radical (unpaired) electrons. The molecule has 0 saturated carbocycles. The number of hydrogen-bond donors (Lipinski definition) is 2. The van der Waals surface area contributed by atoms with Crippen molar-refractivity contribution in [3.05, 3.63) is 16.0 Å². The van der Waals surface area contributed by atoms with Crippen LogP contribution in [0, 0.1) is 4.77 Å². The lowest BCUT2D eigenvalue weighted by Crippen LogP contribution is -2.38. The topological polar surface area (TPSA) is 44.0 Å². The fourth-order valence-corrected chi connectivity index (χ4v) is 2.18. The van der Waals surface area contributed by atoms with Gasteiger partial charge in [0, 0.05) is 37.4 Å². The van der Waals surface area contributed by atoms with Gasteiger partial charge < -0.3 is 15.2 Å². The minimum atomic E-state index is 0.606. The normalized spacial score (nSPS) is 19.3. The molecule has 0 atom stereocenters. The van der Waals surface area contributed by atoms with E-state index in [1.165, 1.54) is 17.7 Å². The Morgan fingerprint density at radius 3 is 2.86 bits per heavy atom. The number of rotatable bonds is 1. The Hall–Kier alpha value is -0.940. The Morgan fingerprint density at radius 2 is 2.14 bits per heavy atom. The lowest BCUT2D eigenvalue weighted by molar-refractivity contribution is 0.604. The van der Waals surface area contributed by atoms with Crippen molar-refractivity contribution in [1.29, 1.82) is 0 Å². The molecule has 1 aromatic rings. The second kappa shape index (κ2) is 3.03. The summed E-state index contributed by atoms with van der Waals surface area (Å²) in [6.45, 7) is 4.05. The van der Waals surface area contributed by atoms with Gasteiger partial charge in [-0.3, -0.25) is 0 Å². The third kappa shape index (κ3) is 1.16. The Kier molecular flexibility index (Phi) is 1.81. The molecular weight excluding hydrogens is 196 g/mol. The Balaban J connectivity index is 2.13. The summed E-state index contributed by atoms with van der Waals surface area (Å²) in [5.41, 5.74) is 2.52. The van der Waals surface area contributed by atoms with Gasteiger partial charge in [0.2, 0.25) is 0 Å². The fourth-order valence-electron chi connectivity index (χ4n) is 1.97. The Bertz CT molecular complexity index is 421. The van der Waals surface area contributed by atoms with E-state index in [0.717, 1.165) is 32.0 Å². The summed E-state index contributed by atoms with van der Waals surface area (Å²) in [6.07, 6.45) is 1.27. The van der Waals surface area contributed by atoms with Crippen molar-refractivity contribution in [2.45, 2.75) is 19.5 Å². The van der Waals surface area contributed by atoms with Crippen LogP contribution in [-0.4, -0.2) is 23.1 Å². The van der Waals surface area contributed by atoms with E-state index in [4.69, 9.17) is 12.2 Å². The number of anilines is 1. The second-order valence-corrected chi connectivity index (χ2v) is 4.15. The van der Waals surface area contributed by atoms with Crippen molar-refractivity contribution in [1.82, 2.24) is 15.3 Å². The first-order chi connectivity index (χ1) is 6.84. The van der Waals surface area contributed by atoms with Crippen LogP contribution in [0.3, 0.4) is 0 Å². The lowest BCUT2D eigenvalue weighted by Gasteiger charge is -2.33. The molecule has 0 aromatic carbocycles. The Morgan fingerprint density at radius 1 is 1.29 bits per heavy atom. The monoisotopic (exact) mass is 208 g/mol. The zero-order valence-electron chi connectivity index (χ0n) is 7.84. The Labute approximate surface area is 87.4 Å². The predicted molar refractivity (Wildman–Crippen MR) is 56.8 cm³/mol. The maximum Gasteiger partial charge on any atom is 0.199 e. The van der Waals surface area contributed by atoms with Gasteiger partial charge in [-0.1, -0.05) is 0 Å². The minimum absolute atomic E-state index is 0.606. The standard InChI is InChI=1S/C9H12N4S/c14-9-11-7-5-10-4-6(7)8(12-9)13-2-1-3-13/h10H,1-5H2,(H,11,12,14). The average molecular weight is 208 g/mol. The number of aromatic amines is 1. The van der Waals surface area contributed by atoms with Gasteiger partial charge in [-0.25, -0.2) is 4.98 Å². The SMILES string of the molecule is S=c1nc(N2CCC2)c2c([nH]1)CNC2. The second-order valence-electron chi connectivity index (χ2n) is 3.77. The number of nitrogens with one attached hydrogen (secondary N) is 2. The van der Waals surface area contributed by atoms with Crippen LogP contribution in [0.4, 0.5) is 5.82 Å². The molecule has 0 bridgehead atoms. The fraction of sp³-hybridized carbons (Fsp3) is 0.556. The molecule has 0 spiro atoms. The van der Waals surface area contributed by atoms with Crippen LogP contribution in [0.25, 0.3) is 0 Å². The molecule has 1 fully saturated rings. The van der Waals surface area contributed by atoms with Gasteiger partial charge in [-0.15, -0.1) is 0 Å². The zero-order chi connectivity index (χ0) is 9.54. The third-order valence-corrected chi connectivity index (χ3v) is 3.05. The summed E-state index contributed by atoms with van der Waals surface area (Å²) in [4.78, 5) is 9.86. The summed E-state index contributed by atoms with van der Waals surface area (Å²) in [5, 5.41) is 3.31. The van der Waals surface area contributed by atoms with Crippen LogP contribution in [0.5, 0.6) is 0 Å². The average Bonchev–Trinajstić information content (AvgIpc) is 2.47. The van der Waals surface area contributed by atoms with Gasteiger partial charge >= 0.3 is 0 Å². The molecule has 0 aliphatic carbocycles. The van der Waals surface area contributed by atoms with Crippen LogP contribution in [0.15, 0.2) is 0 Å². The number of nitrogens with zero attached hydrogens (tertiary/aromatic N) is 2. The molecule has 5 heteroatoms. The largest absolute Gasteiger partial charge is 0.356 e. The number of aromatic nitrogens is 2. The van der Waals surface area contributed by atoms with Crippen LogP contribution < -0.4 is 10.2 Å². The van der Waals surface area contributed by atoms with E-state index < -0.39 is 0 Å². The molecule has 1 saturated heterocycles. The highest BCUT2D eigenvalue weighted by Gasteiger charge is 2.23. The molecular formula is C9H12N4S. The molecule has 0 unspecified atom stereocenters. The van der Waals surface area contributed by atoms with Crippen LogP contribution in [-0.2, 0) is 13.1 Å². The van der Waals surface area contributed by atoms with E-state index >= 15 is 0 Å². The molecule has 3 heterocycles. The lowest BCUT2D eigenvalue weighted by atomic mass is 10.1. The highest BCUT2D eigenvalue weighted by molar-refractivity contribution is 7.71. The number of hydrogen-bond acceptors (Lipinski definition) is 4. The predicted octanol–water partition coefficient (Wildman–Crippen LogP) is 0.952. The number of fused-ring (bicyclic) bond motifs is 1. The van der Waals surface area contributed by atoms with Crippen molar-refractivity contribution in [2.24, 2.45) is 0 Å². The van der Waals surface area contributed by atoms with Crippen molar-refractivity contribution in [2.75, 3.05) is 18.0 Å². The van der Waals surface area contributed by atoms with E-state index in [1.54, 1.807) is 0 Å². The molecule has 2 N–H and O–H groups in total. The maximum atomic E-state index is 5.11. The van der Waals surface area contributed by atoms with E-state index in [0.29, 0.717) is 4.77 Å². The maximum absolute atomic E-state index is 5.11. The molecule has 1 aromatic heterocycles. The van der Waals surface area contributed by atoms with Crippen molar-refractivity contribution in [3.63, 3.8) is 0 Å². The summed E-state index contributed by atoms with van der Waals surface area (Å²) in [7, 11) is 0. The first kappa shape index (κ1) is 8.38. The molecule has 0 amide bonds. The van der Waals surface area contributed by atoms with Crippen molar-refractivity contribution < 1.29 is 0 Å². The van der Waals surface area contributed by atoms with E-state index in [9.17, 15) is 0 Å². The van der Waals surface area contributed by atoms with Crippen LogP contribution in [0.1, 0.15) is 17.7 Å². The third-order valence-electron chi connectivity index (χ3n) is 2.86. The molecule has 2 aliphatic rings. The van der Waals surface area contributed by atoms with Crippen molar-refractivity contribution in [3.8, 4) is 0 Å². The zero-order valence-corrected chi connectivity index (χ0v) is 8.65. The van der Waals surface area contributed by atoms with Crippen molar-refractivity contribution >= 4 is 18.0 Å². The smallest absolute Gasteiger partial charge is 0.199 e. The summed E-state index contributed by atoms with van der Waals surface area (Å²) in [5.74, 6) is 1.10. The first-order valence-corrected chi connectivity index (χ1v) is 5.33. The van der Waals surface area contributed by atoms with Gasteiger partial charge in [0.1, 0.15) is 5.82 Å². The van der Waals surface area contributed by atoms with Gasteiger partial charge in [-0.05, 0) is 18.6 Å². The summed E-state index contributed by atoms with van der Waals surface area (Å²) >= 11 is 5.11. The van der Waals surface area contributed by atoms with Crippen LogP contribution in [0.2, 0.25) is 0 Å². The highest BCUT2D eigenvalue weighted by atomic mass is 32.1. The first-order valence-electron chi connectivity index (χ1n) is 4.92. The van der Waals surface area contributed by atoms with Gasteiger partial charge in [0.25, 0.3) is 0 Å². The highest BCUT2D eigenvalue weighted by Crippen LogP contribution is 2.26. The van der Waals surface area contributed by atoms with E-state index in [2.05, 4.69) is 20.2 Å². The van der Waals surface area contributed by atoms with Gasteiger partial charge in [0.05, 0.1) is 0 Å². The van der Waals surface area contributed by atoms with Crippen LogP contribution >= 0.6 is 12.2 Å². The summed E-state index contributed by atoms with van der Waals surface area (Å²) < 4.78 is 0.606. The quantitative estimate of drug-likeness (QED) is 0.675. The van der Waals surface area contributed by atoms with E-state index in [1.807, 2.05) is 0 Å². The molecule has 2 aliphatic heterocycles. The molecule has 3 rings (SSSR count). The molecule has 4 nitrogen and oxygen atoms in total. The molecule has 74 valence electrons. The minimum Gasteiger partial charge on any atom is -0.356 e. The summed E-state index contributed by atoms with van der Waals surface area (Å²) in [6, 6.07) is 0. The number of H-pyrrole nitrogens is 1. The van der Waals surface area contributed by atoms with E-state index in [-0.39, 0.29) is 0 Å². The van der Waals surface area contributed by atoms with Gasteiger partial charge in [-0.2, -0.15) is 0 Å². The van der Waals surface area contributed by atoms with Gasteiger partial charge in [0.15, 0.2) is 4.77 Å². The molecule has 14 heavy (non-hydrogen) atoms.